The second kappa shape index (κ2) is 6.90. The van der Waals surface area contributed by atoms with E-state index in [2.05, 4.69) is 10.1 Å². The Morgan fingerprint density at radius 1 is 1.00 bits per heavy atom. The van der Waals surface area contributed by atoms with Crippen LogP contribution in [0.25, 0.3) is 16.6 Å². The lowest BCUT2D eigenvalue weighted by Crippen LogP contribution is -2.22. The van der Waals surface area contributed by atoms with E-state index in [1.54, 1.807) is 15.6 Å². The zero-order chi connectivity index (χ0) is 17.1. The second-order valence-electron chi connectivity index (χ2n) is 5.39. The van der Waals surface area contributed by atoms with E-state index in [0.717, 1.165) is 11.4 Å². The topological polar surface area (TPSA) is 65.6 Å². The predicted octanol–water partition coefficient (Wildman–Crippen LogP) is 2.77. The molecule has 0 fully saturated rings. The smallest absolute Gasteiger partial charge is 0.266 e. The van der Waals surface area contributed by atoms with Gasteiger partial charge in [-0.3, -0.25) is 14.0 Å². The van der Waals surface area contributed by atoms with Crippen LogP contribution in [-0.2, 0) is 6.54 Å². The number of hydrogen-bond donors (Lipinski definition) is 0. The van der Waals surface area contributed by atoms with Crippen molar-refractivity contribution in [3.8, 4) is 5.69 Å². The van der Waals surface area contributed by atoms with Gasteiger partial charge in [0.15, 0.2) is 5.16 Å². The van der Waals surface area contributed by atoms with Gasteiger partial charge in [-0.15, -0.1) is 0 Å². The molecule has 0 atom stereocenters. The van der Waals surface area contributed by atoms with Crippen LogP contribution in [0, 0.1) is 0 Å². The summed E-state index contributed by atoms with van der Waals surface area (Å²) in [6.07, 6.45) is 3.19. The summed E-state index contributed by atoms with van der Waals surface area (Å²) in [5, 5.41) is 5.39. The Labute approximate surface area is 148 Å². The Morgan fingerprint density at radius 2 is 1.80 bits per heavy atom. The van der Waals surface area contributed by atoms with Crippen molar-refractivity contribution >= 4 is 22.7 Å². The number of rotatable bonds is 5. The van der Waals surface area contributed by atoms with E-state index in [-0.39, 0.29) is 5.56 Å². The van der Waals surface area contributed by atoms with Gasteiger partial charge in [-0.1, -0.05) is 42.1 Å². The molecule has 0 saturated carbocycles. The Kier molecular flexibility index (Phi) is 4.30. The van der Waals surface area contributed by atoms with Crippen LogP contribution >= 0.6 is 11.8 Å². The summed E-state index contributed by atoms with van der Waals surface area (Å²) < 4.78 is 3.44. The van der Waals surface area contributed by atoms with E-state index in [1.165, 1.54) is 18.1 Å². The fourth-order valence-electron chi connectivity index (χ4n) is 2.59. The average Bonchev–Trinajstić information content (AvgIpc) is 3.16. The molecular formula is C18H15N5OS. The molecule has 0 amide bonds. The number of benzene rings is 2. The Balaban J connectivity index is 1.76. The summed E-state index contributed by atoms with van der Waals surface area (Å²) in [4.78, 5) is 21.7. The number of para-hydroxylation sites is 2. The van der Waals surface area contributed by atoms with Crippen LogP contribution in [0.1, 0.15) is 0 Å². The zero-order valence-electron chi connectivity index (χ0n) is 13.3. The Hall–Kier alpha value is -2.93. The molecule has 4 rings (SSSR count). The van der Waals surface area contributed by atoms with Crippen molar-refractivity contribution < 1.29 is 0 Å². The number of thioether (sulfide) groups is 1. The Morgan fingerprint density at radius 3 is 2.60 bits per heavy atom. The first kappa shape index (κ1) is 15.6. The van der Waals surface area contributed by atoms with Crippen LogP contribution < -0.4 is 5.56 Å². The first-order chi connectivity index (χ1) is 12.3. The molecule has 0 spiro atoms. The highest BCUT2D eigenvalue weighted by atomic mass is 32.2. The van der Waals surface area contributed by atoms with Gasteiger partial charge in [0.05, 0.1) is 23.1 Å². The summed E-state index contributed by atoms with van der Waals surface area (Å²) in [6, 6.07) is 17.0. The average molecular weight is 349 g/mol. The first-order valence-electron chi connectivity index (χ1n) is 7.85. The SMILES string of the molecule is O=c1c2ccccc2nc(SCCn2cncn2)n1-c1ccccc1. The number of fused-ring (bicyclic) bond motifs is 1. The quantitative estimate of drug-likeness (QED) is 0.409. The molecule has 2 heterocycles. The summed E-state index contributed by atoms with van der Waals surface area (Å²) in [5.41, 5.74) is 1.47. The number of aromatic nitrogens is 5. The van der Waals surface area contributed by atoms with E-state index in [9.17, 15) is 4.79 Å². The molecule has 7 heteroatoms. The third-order valence-electron chi connectivity index (χ3n) is 3.78. The molecule has 2 aromatic carbocycles. The maximum absolute atomic E-state index is 13.0. The molecule has 2 aromatic heterocycles. The fourth-order valence-corrected chi connectivity index (χ4v) is 3.53. The molecular weight excluding hydrogens is 334 g/mol. The Bertz CT molecular complexity index is 1040. The number of aryl methyl sites for hydroxylation is 1. The van der Waals surface area contributed by atoms with Crippen LogP contribution in [0.2, 0.25) is 0 Å². The lowest BCUT2D eigenvalue weighted by atomic mass is 10.2. The van der Waals surface area contributed by atoms with Gasteiger partial charge in [-0.05, 0) is 24.3 Å². The van der Waals surface area contributed by atoms with Gasteiger partial charge in [0.2, 0.25) is 0 Å². The van der Waals surface area contributed by atoms with E-state index in [4.69, 9.17) is 4.98 Å². The van der Waals surface area contributed by atoms with Crippen molar-refractivity contribution in [2.75, 3.05) is 5.75 Å². The highest BCUT2D eigenvalue weighted by molar-refractivity contribution is 7.99. The normalized spacial score (nSPS) is 11.0. The summed E-state index contributed by atoms with van der Waals surface area (Å²) >= 11 is 1.53. The third-order valence-corrected chi connectivity index (χ3v) is 4.70. The van der Waals surface area contributed by atoms with Crippen molar-refractivity contribution in [2.24, 2.45) is 0 Å². The van der Waals surface area contributed by atoms with Gasteiger partial charge in [0.25, 0.3) is 5.56 Å². The molecule has 25 heavy (non-hydrogen) atoms. The van der Waals surface area contributed by atoms with Crippen LogP contribution in [0.3, 0.4) is 0 Å². The van der Waals surface area contributed by atoms with Gasteiger partial charge >= 0.3 is 0 Å². The highest BCUT2D eigenvalue weighted by Gasteiger charge is 2.12. The zero-order valence-corrected chi connectivity index (χ0v) is 14.1. The van der Waals surface area contributed by atoms with Crippen LogP contribution in [0.4, 0.5) is 0 Å². The molecule has 124 valence electrons. The number of hydrogen-bond acceptors (Lipinski definition) is 5. The molecule has 0 bridgehead atoms. The highest BCUT2D eigenvalue weighted by Crippen LogP contribution is 2.21. The summed E-state index contributed by atoms with van der Waals surface area (Å²) in [7, 11) is 0. The molecule has 4 aromatic rings. The van der Waals surface area contributed by atoms with Gasteiger partial charge in [0, 0.05) is 5.75 Å². The largest absolute Gasteiger partial charge is 0.268 e. The van der Waals surface area contributed by atoms with Crippen LogP contribution in [0.15, 0.2) is 77.2 Å². The number of nitrogens with zero attached hydrogens (tertiary/aromatic N) is 5. The third kappa shape index (κ3) is 3.18. The minimum absolute atomic E-state index is 0.0555. The van der Waals surface area contributed by atoms with Gasteiger partial charge < -0.3 is 0 Å². The predicted molar refractivity (Wildman–Crippen MR) is 98.1 cm³/mol. The first-order valence-corrected chi connectivity index (χ1v) is 8.84. The van der Waals surface area contributed by atoms with Gasteiger partial charge in [-0.25, -0.2) is 9.97 Å². The maximum atomic E-state index is 13.0. The van der Waals surface area contributed by atoms with E-state index in [1.807, 2.05) is 54.6 Å². The second-order valence-corrected chi connectivity index (χ2v) is 6.46. The van der Waals surface area contributed by atoms with Crippen molar-refractivity contribution in [1.82, 2.24) is 24.3 Å². The standard InChI is InChI=1S/C18H15N5OS/c24-17-15-8-4-5-9-16(15)21-18(23(17)14-6-2-1-3-7-14)25-11-10-22-13-19-12-20-22/h1-9,12-13H,10-11H2. The molecule has 0 aliphatic rings. The van der Waals surface area contributed by atoms with Crippen molar-refractivity contribution in [3.05, 3.63) is 77.6 Å². The lowest BCUT2D eigenvalue weighted by molar-refractivity contribution is 0.663. The monoisotopic (exact) mass is 349 g/mol. The molecule has 0 N–H and O–H groups in total. The van der Waals surface area contributed by atoms with Gasteiger partial charge in [0.1, 0.15) is 12.7 Å². The minimum atomic E-state index is -0.0555. The van der Waals surface area contributed by atoms with Crippen LogP contribution in [-0.4, -0.2) is 30.1 Å². The summed E-state index contributed by atoms with van der Waals surface area (Å²) in [6.45, 7) is 0.697. The molecule has 0 unspecified atom stereocenters. The maximum Gasteiger partial charge on any atom is 0.266 e. The van der Waals surface area contributed by atoms with Crippen LogP contribution in [0.5, 0.6) is 0 Å². The summed E-state index contributed by atoms with van der Waals surface area (Å²) in [5.74, 6) is 0.737. The van der Waals surface area contributed by atoms with E-state index in [0.29, 0.717) is 22.6 Å². The fraction of sp³-hybridized carbons (Fsp3) is 0.111. The van der Waals surface area contributed by atoms with E-state index < -0.39 is 0 Å². The van der Waals surface area contributed by atoms with Crippen molar-refractivity contribution in [1.29, 1.82) is 0 Å². The lowest BCUT2D eigenvalue weighted by Gasteiger charge is -2.13. The molecule has 0 saturated heterocycles. The molecule has 6 nitrogen and oxygen atoms in total. The van der Waals surface area contributed by atoms with Crippen molar-refractivity contribution in [3.63, 3.8) is 0 Å². The van der Waals surface area contributed by atoms with E-state index >= 15 is 0 Å². The molecule has 0 aliphatic carbocycles. The molecule has 0 radical (unpaired) electrons. The minimum Gasteiger partial charge on any atom is -0.268 e. The molecule has 0 aliphatic heterocycles. The van der Waals surface area contributed by atoms with Gasteiger partial charge in [-0.2, -0.15) is 5.10 Å². The van der Waals surface area contributed by atoms with Crippen molar-refractivity contribution in [2.45, 2.75) is 11.7 Å².